The maximum absolute atomic E-state index is 4.12. The van der Waals surface area contributed by atoms with Gasteiger partial charge >= 0.3 is 0 Å². The van der Waals surface area contributed by atoms with E-state index in [1.165, 1.54) is 25.7 Å². The monoisotopic (exact) mass is 268 g/mol. The van der Waals surface area contributed by atoms with Gasteiger partial charge in [0.15, 0.2) is 0 Å². The molecule has 0 aliphatic carbocycles. The van der Waals surface area contributed by atoms with Crippen LogP contribution in [0.25, 0.3) is 0 Å². The zero-order valence-electron chi connectivity index (χ0n) is 12.2. The molecule has 0 atom stereocenters. The lowest BCUT2D eigenvalue weighted by Crippen LogP contribution is -1.98. The van der Waals surface area contributed by atoms with E-state index in [-0.39, 0.29) is 7.43 Å². The quantitative estimate of drug-likeness (QED) is 0.525. The van der Waals surface area contributed by atoms with Gasteiger partial charge in [0.25, 0.3) is 0 Å². The van der Waals surface area contributed by atoms with Crippen molar-refractivity contribution >= 4 is 6.72 Å². The van der Waals surface area contributed by atoms with Gasteiger partial charge in [-0.05, 0) is 26.5 Å². The van der Waals surface area contributed by atoms with E-state index in [4.69, 9.17) is 0 Å². The third kappa shape index (κ3) is 11.6. The lowest BCUT2D eigenvalue weighted by molar-refractivity contribution is 0.527. The first-order valence-corrected chi connectivity index (χ1v) is 7.09. The Morgan fingerprint density at radius 3 is 2.37 bits per heavy atom. The number of aromatic nitrogens is 3. The summed E-state index contributed by atoms with van der Waals surface area (Å²) >= 11 is 0. The molecule has 19 heavy (non-hydrogen) atoms. The minimum absolute atomic E-state index is 0. The molecule has 0 unspecified atom stereocenters. The lowest BCUT2D eigenvalue weighted by atomic mass is 10.2. The van der Waals surface area contributed by atoms with Gasteiger partial charge in [-0.15, -0.1) is 5.10 Å². The average molecular weight is 268 g/mol. The Morgan fingerprint density at radius 2 is 1.84 bits per heavy atom. The first kappa shape index (κ1) is 20.1. The number of nitrogens with zero attached hydrogens (tertiary/aromatic N) is 4. The highest BCUT2D eigenvalue weighted by Gasteiger charge is 1.98. The number of hydrogen-bond acceptors (Lipinski definition) is 3. The summed E-state index contributed by atoms with van der Waals surface area (Å²) in [5.74, 6) is 0. The Kier molecular flexibility index (Phi) is 15.8. The van der Waals surface area contributed by atoms with E-state index in [0.29, 0.717) is 0 Å². The van der Waals surface area contributed by atoms with E-state index in [9.17, 15) is 0 Å². The molecular formula is C15H32N4. The molecule has 1 aromatic rings. The highest BCUT2D eigenvalue weighted by Crippen LogP contribution is 2.02. The van der Waals surface area contributed by atoms with E-state index in [2.05, 4.69) is 42.1 Å². The van der Waals surface area contributed by atoms with Crippen LogP contribution in [-0.2, 0) is 13.0 Å². The van der Waals surface area contributed by atoms with E-state index >= 15 is 0 Å². The first-order chi connectivity index (χ1) is 8.78. The first-order valence-electron chi connectivity index (χ1n) is 7.09. The molecule has 0 saturated heterocycles. The Hall–Kier alpha value is -1.19. The molecule has 4 nitrogen and oxygen atoms in total. The molecule has 1 aromatic heterocycles. The molecule has 0 N–H and O–H groups in total. The molecule has 0 radical (unpaired) electrons. The van der Waals surface area contributed by atoms with Crippen molar-refractivity contribution < 1.29 is 0 Å². The van der Waals surface area contributed by atoms with Gasteiger partial charge in [0, 0.05) is 19.3 Å². The summed E-state index contributed by atoms with van der Waals surface area (Å²) < 4.78 is 1.97. The zero-order chi connectivity index (χ0) is 13.6. The molecule has 4 heteroatoms. The van der Waals surface area contributed by atoms with Crippen LogP contribution in [0.4, 0.5) is 0 Å². The van der Waals surface area contributed by atoms with Crippen molar-refractivity contribution in [1.82, 2.24) is 15.0 Å². The van der Waals surface area contributed by atoms with Gasteiger partial charge in [-0.3, -0.25) is 4.68 Å². The fourth-order valence-electron chi connectivity index (χ4n) is 1.52. The van der Waals surface area contributed by atoms with Gasteiger partial charge in [0.05, 0.1) is 5.69 Å². The predicted molar refractivity (Wildman–Crippen MR) is 85.0 cm³/mol. The average Bonchev–Trinajstić information content (AvgIpc) is 2.83. The minimum Gasteiger partial charge on any atom is -0.301 e. The maximum Gasteiger partial charge on any atom is 0.0827 e. The number of rotatable bonds is 8. The molecule has 0 spiro atoms. The molecule has 112 valence electrons. The van der Waals surface area contributed by atoms with Crippen molar-refractivity contribution in [2.75, 3.05) is 6.54 Å². The number of unbranched alkanes of at least 4 members (excludes halogenated alkanes) is 3. The Labute approximate surface area is 119 Å². The normalized spacial score (nSPS) is 9.21. The van der Waals surface area contributed by atoms with Crippen LogP contribution < -0.4 is 0 Å². The standard InChI is InChI=1S/C11H21N3.C3H7N.CH4/c1-3-5-6-7-9-14-10-11(8-4-2)12-13-14;1-3-4-2;/h10H,3-9H2,1-2H3;2-3H2,1H3;1H4. The summed E-state index contributed by atoms with van der Waals surface area (Å²) in [5.41, 5.74) is 1.13. The van der Waals surface area contributed by atoms with Crippen LogP contribution in [0.5, 0.6) is 0 Å². The van der Waals surface area contributed by atoms with E-state index in [0.717, 1.165) is 31.6 Å². The summed E-state index contributed by atoms with van der Waals surface area (Å²) in [5, 5.41) is 8.22. The molecule has 0 aliphatic rings. The van der Waals surface area contributed by atoms with Gasteiger partial charge in [-0.25, -0.2) is 0 Å². The van der Waals surface area contributed by atoms with Crippen molar-refractivity contribution in [2.45, 2.75) is 73.3 Å². The van der Waals surface area contributed by atoms with Crippen LogP contribution in [-0.4, -0.2) is 28.3 Å². The summed E-state index contributed by atoms with van der Waals surface area (Å²) in [7, 11) is 0. The molecule has 1 heterocycles. The highest BCUT2D eigenvalue weighted by molar-refractivity contribution is 5.22. The number of aryl methyl sites for hydroxylation is 2. The van der Waals surface area contributed by atoms with Crippen LogP contribution in [0.2, 0.25) is 0 Å². The Morgan fingerprint density at radius 1 is 1.16 bits per heavy atom. The van der Waals surface area contributed by atoms with Crippen molar-refractivity contribution in [3.8, 4) is 0 Å². The second-order valence-corrected chi connectivity index (χ2v) is 4.32. The fraction of sp³-hybridized carbons (Fsp3) is 0.800. The summed E-state index contributed by atoms with van der Waals surface area (Å²) in [6.07, 6.45) is 9.43. The van der Waals surface area contributed by atoms with Crippen LogP contribution >= 0.6 is 0 Å². The highest BCUT2D eigenvalue weighted by atomic mass is 15.4. The van der Waals surface area contributed by atoms with E-state index in [1.54, 1.807) is 0 Å². The van der Waals surface area contributed by atoms with Gasteiger partial charge in [0.1, 0.15) is 0 Å². The molecule has 0 fully saturated rings. The molecular weight excluding hydrogens is 236 g/mol. The van der Waals surface area contributed by atoms with Gasteiger partial charge < -0.3 is 4.99 Å². The fourth-order valence-corrected chi connectivity index (χ4v) is 1.52. The molecule has 0 amide bonds. The summed E-state index contributed by atoms with van der Waals surface area (Å²) in [6, 6.07) is 0. The molecule has 0 aliphatic heterocycles. The van der Waals surface area contributed by atoms with Crippen molar-refractivity contribution in [2.24, 2.45) is 4.99 Å². The van der Waals surface area contributed by atoms with Crippen LogP contribution in [0.15, 0.2) is 11.2 Å². The maximum atomic E-state index is 4.12. The Balaban J connectivity index is 0. The van der Waals surface area contributed by atoms with Crippen LogP contribution in [0, 0.1) is 0 Å². The summed E-state index contributed by atoms with van der Waals surface area (Å²) in [4.78, 5) is 3.49. The third-order valence-electron chi connectivity index (χ3n) is 2.56. The van der Waals surface area contributed by atoms with Crippen LogP contribution in [0.3, 0.4) is 0 Å². The van der Waals surface area contributed by atoms with Gasteiger partial charge in [0.2, 0.25) is 0 Å². The molecule has 0 aromatic carbocycles. The topological polar surface area (TPSA) is 43.1 Å². The number of hydrogen-bond donors (Lipinski definition) is 0. The van der Waals surface area contributed by atoms with Crippen molar-refractivity contribution in [3.63, 3.8) is 0 Å². The smallest absolute Gasteiger partial charge is 0.0827 e. The second kappa shape index (κ2) is 14.9. The second-order valence-electron chi connectivity index (χ2n) is 4.32. The SMILES string of the molecule is C.C=NCC.CCCCCCn1cc(CCC)nn1. The molecule has 0 bridgehead atoms. The number of aliphatic imine (C=N–C) groups is 1. The minimum atomic E-state index is 0. The van der Waals surface area contributed by atoms with Crippen molar-refractivity contribution in [3.05, 3.63) is 11.9 Å². The summed E-state index contributed by atoms with van der Waals surface area (Å²) in [6.45, 7) is 11.4. The van der Waals surface area contributed by atoms with E-state index in [1.807, 2.05) is 11.6 Å². The molecule has 0 saturated carbocycles. The zero-order valence-corrected chi connectivity index (χ0v) is 12.2. The van der Waals surface area contributed by atoms with Gasteiger partial charge in [-0.1, -0.05) is 52.2 Å². The van der Waals surface area contributed by atoms with E-state index < -0.39 is 0 Å². The van der Waals surface area contributed by atoms with Crippen molar-refractivity contribution in [1.29, 1.82) is 0 Å². The largest absolute Gasteiger partial charge is 0.301 e. The third-order valence-corrected chi connectivity index (χ3v) is 2.56. The predicted octanol–water partition coefficient (Wildman–Crippen LogP) is 4.15. The molecule has 1 rings (SSSR count). The lowest BCUT2D eigenvalue weighted by Gasteiger charge is -1.98. The Bertz CT molecular complexity index is 294. The van der Waals surface area contributed by atoms with Gasteiger partial charge in [-0.2, -0.15) is 0 Å². The van der Waals surface area contributed by atoms with Crippen LogP contribution in [0.1, 0.15) is 66.0 Å².